The Kier molecular flexibility index (Phi) is 20.8. The average molecular weight is 1280 g/mol. The standard InChI is InChI=1S/C81H102N8O6/c1-51(91)46-87-76-45-80(43-72-68-26-29-84-47-62(68)34-59-19-11-27-85-78(59)72)41-55-22-25-75(80)81(76)42-60-24-23-57(56-16-7-4-8-17-56)33-64(71(60)44-81)49-89-79(83)86-28-10-18-58(31-54-15-9-14-53(30-54)21-20-52-12-5-3-6-13-52)70-40-77(82)88-48-63(70)35-61-37-73(94)74(95-2)39-69(61)65(50-90)36-67(93)38-66(92)32-55/h3-9,11-17,19,23-24,30,36-37,39-40,48,51,55,57-60,62,64,68,71-72,75-78,84-85,87-88,90-91,94H,18,20-22,25-27,29,31-35,38,41-47,49-50,82H2,1-2H3,(H3,83,86,89). The van der Waals surface area contributed by atoms with Crippen LogP contribution in [0.25, 0.3) is 5.57 Å². The molecule has 95 heavy (non-hydrogen) atoms. The van der Waals surface area contributed by atoms with Crippen molar-refractivity contribution >= 4 is 23.1 Å². The highest BCUT2D eigenvalue weighted by Crippen LogP contribution is 2.72. The number of hydrogen-bond donors (Lipinski definition) is 10. The van der Waals surface area contributed by atoms with E-state index in [9.17, 15) is 24.9 Å². The number of carbonyl (C=O) groups is 2. The lowest BCUT2D eigenvalue weighted by Crippen LogP contribution is -2.57. The predicted octanol–water partition coefficient (Wildman–Crippen LogP) is 10.1. The summed E-state index contributed by atoms with van der Waals surface area (Å²) in [6.45, 7) is 5.56. The summed E-state index contributed by atoms with van der Waals surface area (Å²) in [5, 5.41) is 53.0. The fourth-order valence-corrected chi connectivity index (χ4v) is 20.3. The molecule has 14 rings (SSSR count). The second kappa shape index (κ2) is 29.7. The number of benzene rings is 4. The Morgan fingerprint density at radius 3 is 2.47 bits per heavy atom. The molecule has 1 spiro atoms. The van der Waals surface area contributed by atoms with Crippen LogP contribution in [0.1, 0.15) is 130 Å². The van der Waals surface area contributed by atoms with Gasteiger partial charge in [-0.05, 0) is 254 Å². The molecule has 12 N–H and O–H groups in total. The normalized spacial score (nSPS) is 33.5. The Morgan fingerprint density at radius 2 is 1.65 bits per heavy atom. The first-order chi connectivity index (χ1) is 46.2. The number of nitrogens with two attached hydrogens (primary N) is 2. The lowest BCUT2D eigenvalue weighted by atomic mass is 9.52. The molecular formula is C81H102N8O6. The van der Waals surface area contributed by atoms with E-state index in [0.717, 1.165) is 101 Å². The molecule has 1 saturated heterocycles. The van der Waals surface area contributed by atoms with Crippen LogP contribution in [-0.4, -0.2) is 104 Å². The van der Waals surface area contributed by atoms with Crippen molar-refractivity contribution in [2.45, 2.75) is 146 Å². The number of guanidine groups is 1. The lowest BCUT2D eigenvalue weighted by molar-refractivity contribution is -0.126. The van der Waals surface area contributed by atoms with Crippen LogP contribution >= 0.6 is 0 Å². The number of rotatable bonds is 13. The van der Waals surface area contributed by atoms with Crippen LogP contribution in [0.15, 0.2) is 156 Å². The van der Waals surface area contributed by atoms with E-state index in [-0.39, 0.29) is 76.5 Å². The number of ketones is 2. The smallest absolute Gasteiger partial charge is 0.202 e. The van der Waals surface area contributed by atoms with E-state index < -0.39 is 18.9 Å². The molecule has 502 valence electrons. The zero-order valence-corrected chi connectivity index (χ0v) is 55.9. The van der Waals surface area contributed by atoms with Crippen LogP contribution in [0.5, 0.6) is 11.5 Å². The van der Waals surface area contributed by atoms with Gasteiger partial charge in [0, 0.05) is 62.7 Å². The number of aliphatic imine (C=N–C) groups is 1. The Morgan fingerprint density at radius 1 is 0.853 bits per heavy atom. The van der Waals surface area contributed by atoms with Crippen molar-refractivity contribution in [1.29, 1.82) is 0 Å². The van der Waals surface area contributed by atoms with Crippen LogP contribution in [0.3, 0.4) is 0 Å². The molecule has 5 bridgehead atoms. The molecule has 17 unspecified atom stereocenters. The summed E-state index contributed by atoms with van der Waals surface area (Å²) in [6, 6.07) is 37.4. The number of Topliss-reactive ketones (excluding diaryl/α,β-unsaturated/α-hetero) is 1. The molecule has 4 aromatic rings. The van der Waals surface area contributed by atoms with Gasteiger partial charge in [0.1, 0.15) is 5.78 Å². The van der Waals surface area contributed by atoms with Crippen molar-refractivity contribution in [2.75, 3.05) is 46.4 Å². The van der Waals surface area contributed by atoms with Crippen molar-refractivity contribution in [2.24, 2.45) is 86.5 Å². The molecule has 5 fully saturated rings. The first-order valence-corrected chi connectivity index (χ1v) is 35.8. The zero-order valence-electron chi connectivity index (χ0n) is 55.9. The minimum Gasteiger partial charge on any atom is -0.504 e. The van der Waals surface area contributed by atoms with Gasteiger partial charge >= 0.3 is 0 Å². The monoisotopic (exact) mass is 1280 g/mol. The van der Waals surface area contributed by atoms with Gasteiger partial charge in [0.25, 0.3) is 0 Å². The Bertz CT molecular complexity index is 3640. The number of aliphatic hydroxyl groups is 2. The number of allylic oxidation sites excluding steroid dienone is 5. The summed E-state index contributed by atoms with van der Waals surface area (Å²) in [5.41, 5.74) is 22.0. The molecule has 5 aliphatic carbocycles. The van der Waals surface area contributed by atoms with Gasteiger partial charge in [-0.1, -0.05) is 115 Å². The third-order valence-electron chi connectivity index (χ3n) is 24.2. The number of aryl methyl sites for hydroxylation is 2. The van der Waals surface area contributed by atoms with Crippen molar-refractivity contribution < 1.29 is 29.6 Å². The van der Waals surface area contributed by atoms with Crippen molar-refractivity contribution in [3.05, 3.63) is 184 Å². The molecule has 14 nitrogen and oxygen atoms in total. The average Bonchev–Trinajstić information content (AvgIpc) is 1.54. The molecular weight excluding hydrogens is 1180 g/mol. The molecule has 5 aliphatic heterocycles. The number of fused-ring (bicyclic) bond motifs is 12. The van der Waals surface area contributed by atoms with E-state index in [4.69, 9.17) is 21.2 Å². The predicted molar refractivity (Wildman–Crippen MR) is 377 cm³/mol. The quantitative estimate of drug-likeness (QED) is 0.0342. The highest BCUT2D eigenvalue weighted by atomic mass is 16.5. The molecule has 4 saturated carbocycles. The first kappa shape index (κ1) is 66.5. The van der Waals surface area contributed by atoms with Gasteiger partial charge in [-0.2, -0.15) is 4.99 Å². The van der Waals surface area contributed by atoms with Crippen LogP contribution < -0.4 is 42.8 Å². The van der Waals surface area contributed by atoms with E-state index in [1.54, 1.807) is 12.1 Å². The third-order valence-corrected chi connectivity index (χ3v) is 24.2. The number of nitrogens with zero attached hydrogens (tertiary/aromatic N) is 1. The van der Waals surface area contributed by atoms with Gasteiger partial charge in [-0.3, -0.25) is 9.59 Å². The van der Waals surface area contributed by atoms with E-state index in [0.29, 0.717) is 102 Å². The maximum absolute atomic E-state index is 14.9. The summed E-state index contributed by atoms with van der Waals surface area (Å²) in [4.78, 5) is 34.2. The van der Waals surface area contributed by atoms with Crippen molar-refractivity contribution in [3.8, 4) is 23.5 Å². The number of carbonyl (C=O) groups excluding carboxylic acids is 2. The third kappa shape index (κ3) is 14.9. The Balaban J connectivity index is 0.886. The number of phenolic OH excluding ortho intramolecular Hbond substituents is 1. The number of piperidine rings is 1. The molecule has 4 aromatic carbocycles. The number of nitrogens with one attached hydrogen (secondary N) is 5. The Hall–Kier alpha value is -7.09. The molecule has 10 aliphatic rings. The minimum absolute atomic E-state index is 0.0717. The van der Waals surface area contributed by atoms with E-state index in [1.807, 2.05) is 19.2 Å². The maximum atomic E-state index is 14.9. The van der Waals surface area contributed by atoms with Gasteiger partial charge in [0.2, 0.25) is 5.96 Å². The van der Waals surface area contributed by atoms with Gasteiger partial charge < -0.3 is 58.1 Å². The van der Waals surface area contributed by atoms with Crippen LogP contribution in [0, 0.1) is 82.0 Å². The summed E-state index contributed by atoms with van der Waals surface area (Å²) < 4.78 is 5.69. The highest BCUT2D eigenvalue weighted by Gasteiger charge is 2.67. The molecule has 14 heteroatoms. The fraction of sp³-hybridized carbons (Fsp3) is 0.519. The maximum Gasteiger partial charge on any atom is 0.202 e. The van der Waals surface area contributed by atoms with Crippen LogP contribution in [0.2, 0.25) is 0 Å². The second-order valence-corrected chi connectivity index (χ2v) is 30.1. The Labute approximate surface area is 563 Å². The number of aromatic hydroxyl groups is 1. The molecule has 0 amide bonds. The number of hydrogen-bond acceptors (Lipinski definition) is 14. The zero-order chi connectivity index (χ0) is 65.6. The first-order valence-electron chi connectivity index (χ1n) is 35.8. The van der Waals surface area contributed by atoms with E-state index in [1.165, 1.54) is 42.7 Å². The SMILES string of the molecule is COc1cc2c(cc1O)CC1=CNC(N)C=C1C(Cc1cccc(CCc3ccccc3)c1)CC#CN=C(N)NCC1CC(c3ccccc3)C=CC3CC4(CC31)C(NCC(C)O)CC1(CC3C5CCNCC5CC5C=CCNC53)CC(CCC14)CC(=O)CC(=O)C=C2CO. The molecule has 17 atom stereocenters. The van der Waals surface area contributed by atoms with E-state index >= 15 is 0 Å². The van der Waals surface area contributed by atoms with Gasteiger partial charge in [0.05, 0.1) is 32.4 Å². The number of dihydropyridines is 1. The minimum atomic E-state index is -0.513. The summed E-state index contributed by atoms with van der Waals surface area (Å²) in [5.74, 6) is 7.06. The van der Waals surface area contributed by atoms with E-state index in [2.05, 4.69) is 148 Å². The lowest BCUT2D eigenvalue weighted by Gasteiger charge is -2.55. The van der Waals surface area contributed by atoms with Gasteiger partial charge in [0.15, 0.2) is 17.3 Å². The van der Waals surface area contributed by atoms with Crippen LogP contribution in [0.4, 0.5) is 0 Å². The molecule has 0 aromatic heterocycles. The van der Waals surface area contributed by atoms with Crippen molar-refractivity contribution in [3.63, 3.8) is 0 Å². The second-order valence-electron chi connectivity index (χ2n) is 30.1. The number of aliphatic hydroxyl groups excluding tert-OH is 2. The van der Waals surface area contributed by atoms with Gasteiger partial charge in [-0.15, -0.1) is 0 Å². The summed E-state index contributed by atoms with van der Waals surface area (Å²) >= 11 is 0. The topological polar surface area (TPSA) is 229 Å². The summed E-state index contributed by atoms with van der Waals surface area (Å²) in [6.07, 6.45) is 28.0. The molecule has 5 heterocycles. The fourth-order valence-electron chi connectivity index (χ4n) is 20.3. The van der Waals surface area contributed by atoms with Crippen LogP contribution in [-0.2, 0) is 35.3 Å². The highest BCUT2D eigenvalue weighted by molar-refractivity contribution is 6.08. The number of phenols is 1. The van der Waals surface area contributed by atoms with Crippen molar-refractivity contribution in [1.82, 2.24) is 26.6 Å². The van der Waals surface area contributed by atoms with Gasteiger partial charge in [-0.25, -0.2) is 0 Å². The number of methoxy groups -OCH3 is 1. The summed E-state index contributed by atoms with van der Waals surface area (Å²) in [7, 11) is 1.48. The largest absolute Gasteiger partial charge is 0.504 e. The molecule has 0 radical (unpaired) electrons. The number of ether oxygens (including phenoxy) is 1.